The fourth-order valence-electron chi connectivity index (χ4n) is 1.86. The van der Waals surface area contributed by atoms with Crippen molar-refractivity contribution in [3.05, 3.63) is 40.0 Å². The van der Waals surface area contributed by atoms with Gasteiger partial charge in [0.1, 0.15) is 5.82 Å². The third kappa shape index (κ3) is 2.53. The van der Waals surface area contributed by atoms with Gasteiger partial charge in [-0.2, -0.15) is 0 Å². The first kappa shape index (κ1) is 13.0. The van der Waals surface area contributed by atoms with Crippen LogP contribution in [-0.2, 0) is 6.42 Å². The van der Waals surface area contributed by atoms with Crippen molar-refractivity contribution < 1.29 is 0 Å². The van der Waals surface area contributed by atoms with Crippen LogP contribution in [0.2, 0.25) is 0 Å². The predicted octanol–water partition coefficient (Wildman–Crippen LogP) is 3.75. The largest absolute Gasteiger partial charge is 0.383 e. The van der Waals surface area contributed by atoms with Crippen molar-refractivity contribution in [3.8, 4) is 11.4 Å². The van der Waals surface area contributed by atoms with E-state index in [-0.39, 0.29) is 0 Å². The molecule has 94 valence electrons. The van der Waals surface area contributed by atoms with Crippen LogP contribution < -0.4 is 5.73 Å². The number of rotatable bonds is 3. The van der Waals surface area contributed by atoms with E-state index in [0.717, 1.165) is 34.1 Å². The van der Waals surface area contributed by atoms with Crippen molar-refractivity contribution in [3.63, 3.8) is 0 Å². The summed E-state index contributed by atoms with van der Waals surface area (Å²) in [6, 6.07) is 8.07. The van der Waals surface area contributed by atoms with Crippen LogP contribution in [0.3, 0.4) is 0 Å². The molecule has 0 unspecified atom stereocenters. The number of aryl methyl sites for hydroxylation is 2. The van der Waals surface area contributed by atoms with E-state index in [0.29, 0.717) is 11.6 Å². The predicted molar refractivity (Wildman–Crippen MR) is 78.3 cm³/mol. The number of aromatic nitrogens is 2. The van der Waals surface area contributed by atoms with E-state index in [1.807, 2.05) is 18.2 Å². The molecule has 0 saturated heterocycles. The summed E-state index contributed by atoms with van der Waals surface area (Å²) in [6.45, 7) is 4.18. The quantitative estimate of drug-likeness (QED) is 0.939. The lowest BCUT2D eigenvalue weighted by Gasteiger charge is -2.09. The standard InChI is InChI=1S/C14H16BrN3/c1-3-6-11-12(15)13(16)18-14(17-11)10-8-5-4-7-9(10)2/h4-5,7-8H,3,6H2,1-2H3,(H2,16,17,18). The van der Waals surface area contributed by atoms with Crippen LogP contribution in [0.5, 0.6) is 0 Å². The number of nitrogen functional groups attached to an aromatic ring is 1. The molecule has 0 amide bonds. The monoisotopic (exact) mass is 305 g/mol. The Morgan fingerprint density at radius 2 is 1.94 bits per heavy atom. The van der Waals surface area contributed by atoms with Crippen LogP contribution >= 0.6 is 15.9 Å². The van der Waals surface area contributed by atoms with Crippen molar-refractivity contribution in [2.45, 2.75) is 26.7 Å². The Labute approximate surface area is 116 Å². The van der Waals surface area contributed by atoms with Gasteiger partial charge in [0, 0.05) is 5.56 Å². The summed E-state index contributed by atoms with van der Waals surface area (Å²) in [7, 11) is 0. The van der Waals surface area contributed by atoms with Gasteiger partial charge in [0.2, 0.25) is 0 Å². The maximum atomic E-state index is 5.94. The van der Waals surface area contributed by atoms with Crippen LogP contribution in [0.1, 0.15) is 24.6 Å². The van der Waals surface area contributed by atoms with E-state index >= 15 is 0 Å². The highest BCUT2D eigenvalue weighted by Gasteiger charge is 2.11. The van der Waals surface area contributed by atoms with E-state index in [9.17, 15) is 0 Å². The summed E-state index contributed by atoms with van der Waals surface area (Å²) in [5.41, 5.74) is 9.11. The number of hydrogen-bond acceptors (Lipinski definition) is 3. The molecule has 1 aromatic heterocycles. The Morgan fingerprint density at radius 1 is 1.22 bits per heavy atom. The van der Waals surface area contributed by atoms with Crippen LogP contribution in [-0.4, -0.2) is 9.97 Å². The lowest BCUT2D eigenvalue weighted by molar-refractivity contribution is 0.869. The second kappa shape index (κ2) is 5.48. The number of hydrogen-bond donors (Lipinski definition) is 1. The molecule has 0 atom stereocenters. The highest BCUT2D eigenvalue weighted by atomic mass is 79.9. The molecule has 0 aliphatic carbocycles. The van der Waals surface area contributed by atoms with Gasteiger partial charge >= 0.3 is 0 Å². The van der Waals surface area contributed by atoms with E-state index < -0.39 is 0 Å². The first-order chi connectivity index (χ1) is 8.63. The Hall–Kier alpha value is -1.42. The molecule has 0 fully saturated rings. The van der Waals surface area contributed by atoms with Gasteiger partial charge in [0.25, 0.3) is 0 Å². The molecular weight excluding hydrogens is 290 g/mol. The fourth-order valence-corrected chi connectivity index (χ4v) is 2.24. The molecule has 0 saturated carbocycles. The second-order valence-electron chi connectivity index (χ2n) is 4.26. The second-order valence-corrected chi connectivity index (χ2v) is 5.05. The minimum atomic E-state index is 0.506. The smallest absolute Gasteiger partial charge is 0.162 e. The summed E-state index contributed by atoms with van der Waals surface area (Å²) in [5.74, 6) is 1.21. The van der Waals surface area contributed by atoms with Gasteiger partial charge in [-0.15, -0.1) is 0 Å². The fraction of sp³-hybridized carbons (Fsp3) is 0.286. The zero-order valence-corrected chi connectivity index (χ0v) is 12.2. The van der Waals surface area contributed by atoms with Crippen molar-refractivity contribution in [1.29, 1.82) is 0 Å². The summed E-state index contributed by atoms with van der Waals surface area (Å²) < 4.78 is 0.821. The number of nitrogens with two attached hydrogens (primary N) is 1. The highest BCUT2D eigenvalue weighted by Crippen LogP contribution is 2.27. The highest BCUT2D eigenvalue weighted by molar-refractivity contribution is 9.10. The Balaban J connectivity index is 2.56. The minimum Gasteiger partial charge on any atom is -0.383 e. The van der Waals surface area contributed by atoms with Crippen LogP contribution in [0.25, 0.3) is 11.4 Å². The van der Waals surface area contributed by atoms with Gasteiger partial charge in [-0.25, -0.2) is 9.97 Å². The first-order valence-corrected chi connectivity index (χ1v) is 6.80. The number of benzene rings is 1. The van der Waals surface area contributed by atoms with Gasteiger partial charge in [-0.05, 0) is 34.8 Å². The Bertz CT molecular complexity index is 567. The molecule has 2 aromatic rings. The van der Waals surface area contributed by atoms with Gasteiger partial charge in [0.15, 0.2) is 5.82 Å². The van der Waals surface area contributed by atoms with Crippen molar-refractivity contribution in [2.75, 3.05) is 5.73 Å². The van der Waals surface area contributed by atoms with E-state index in [1.54, 1.807) is 0 Å². The summed E-state index contributed by atoms with van der Waals surface area (Å²) in [6.07, 6.45) is 1.93. The lowest BCUT2D eigenvalue weighted by Crippen LogP contribution is -2.03. The van der Waals surface area contributed by atoms with Crippen molar-refractivity contribution in [2.24, 2.45) is 0 Å². The third-order valence-corrected chi connectivity index (χ3v) is 3.68. The topological polar surface area (TPSA) is 51.8 Å². The molecule has 4 heteroatoms. The van der Waals surface area contributed by atoms with E-state index in [2.05, 4.69) is 45.8 Å². The molecule has 18 heavy (non-hydrogen) atoms. The van der Waals surface area contributed by atoms with Gasteiger partial charge < -0.3 is 5.73 Å². The third-order valence-electron chi connectivity index (χ3n) is 2.82. The average molecular weight is 306 g/mol. The lowest BCUT2D eigenvalue weighted by atomic mass is 10.1. The summed E-state index contributed by atoms with van der Waals surface area (Å²) in [4.78, 5) is 8.98. The molecule has 2 rings (SSSR count). The van der Waals surface area contributed by atoms with Crippen LogP contribution in [0, 0.1) is 6.92 Å². The van der Waals surface area contributed by atoms with Crippen molar-refractivity contribution >= 4 is 21.7 Å². The molecule has 0 aliphatic rings. The first-order valence-electron chi connectivity index (χ1n) is 6.01. The zero-order valence-electron chi connectivity index (χ0n) is 10.6. The maximum Gasteiger partial charge on any atom is 0.162 e. The van der Waals surface area contributed by atoms with E-state index in [1.165, 1.54) is 0 Å². The molecule has 1 aromatic carbocycles. The Kier molecular flexibility index (Phi) is 3.97. The molecule has 0 bridgehead atoms. The van der Waals surface area contributed by atoms with Crippen LogP contribution in [0.4, 0.5) is 5.82 Å². The molecule has 1 heterocycles. The zero-order chi connectivity index (χ0) is 13.1. The summed E-state index contributed by atoms with van der Waals surface area (Å²) >= 11 is 3.46. The molecular formula is C14H16BrN3. The van der Waals surface area contributed by atoms with Gasteiger partial charge in [-0.1, -0.05) is 37.6 Å². The molecule has 0 radical (unpaired) electrons. The van der Waals surface area contributed by atoms with E-state index in [4.69, 9.17) is 5.73 Å². The number of nitrogens with zero attached hydrogens (tertiary/aromatic N) is 2. The molecule has 3 nitrogen and oxygen atoms in total. The van der Waals surface area contributed by atoms with Crippen LogP contribution in [0.15, 0.2) is 28.7 Å². The average Bonchev–Trinajstić information content (AvgIpc) is 2.35. The molecule has 0 aliphatic heterocycles. The van der Waals surface area contributed by atoms with Gasteiger partial charge in [-0.3, -0.25) is 0 Å². The normalized spacial score (nSPS) is 10.6. The molecule has 0 spiro atoms. The number of anilines is 1. The Morgan fingerprint density at radius 3 is 2.61 bits per heavy atom. The molecule has 2 N–H and O–H groups in total. The SMILES string of the molecule is CCCc1nc(-c2ccccc2C)nc(N)c1Br. The van der Waals surface area contributed by atoms with Gasteiger partial charge in [0.05, 0.1) is 10.2 Å². The van der Waals surface area contributed by atoms with Crippen molar-refractivity contribution in [1.82, 2.24) is 9.97 Å². The summed E-state index contributed by atoms with van der Waals surface area (Å²) in [5, 5.41) is 0. The maximum absolute atomic E-state index is 5.94. The minimum absolute atomic E-state index is 0.506. The number of halogens is 1.